The maximum Gasteiger partial charge on any atom is 0.145 e. The summed E-state index contributed by atoms with van der Waals surface area (Å²) >= 11 is 6.49. The van der Waals surface area contributed by atoms with Gasteiger partial charge in [-0.15, -0.1) is 0 Å². The third-order valence-corrected chi connectivity index (χ3v) is 3.29. The molecule has 0 aromatic heterocycles. The van der Waals surface area contributed by atoms with Crippen molar-refractivity contribution in [2.75, 3.05) is 0 Å². The Balaban J connectivity index is 2.37. The number of nitriles is 1. The monoisotopic (exact) mass is 369 g/mol. The second-order valence-corrected chi connectivity index (χ2v) is 5.20. The van der Waals surface area contributed by atoms with Gasteiger partial charge in [0.25, 0.3) is 0 Å². The summed E-state index contributed by atoms with van der Waals surface area (Å²) in [5.41, 5.74) is 0.403. The molecule has 0 fully saturated rings. The standard InChI is InChI=1S/C13H6Br2FNO/c14-9-1-3-12(8(5-9)7-17)18-13-4-2-10(16)6-11(13)15/h1-6H. The largest absolute Gasteiger partial charge is 0.455 e. The predicted octanol–water partition coefficient (Wildman–Crippen LogP) is 5.01. The topological polar surface area (TPSA) is 33.0 Å². The number of ether oxygens (including phenoxy) is 1. The van der Waals surface area contributed by atoms with E-state index >= 15 is 0 Å². The molecule has 0 bridgehead atoms. The van der Waals surface area contributed by atoms with Gasteiger partial charge in [0.2, 0.25) is 0 Å². The first-order chi connectivity index (χ1) is 8.60. The summed E-state index contributed by atoms with van der Waals surface area (Å²) in [5, 5.41) is 9.01. The zero-order valence-electron chi connectivity index (χ0n) is 8.95. The number of benzene rings is 2. The van der Waals surface area contributed by atoms with Crippen molar-refractivity contribution in [1.82, 2.24) is 0 Å². The quantitative estimate of drug-likeness (QED) is 0.743. The normalized spacial score (nSPS) is 9.89. The third-order valence-electron chi connectivity index (χ3n) is 2.18. The van der Waals surface area contributed by atoms with Gasteiger partial charge in [-0.25, -0.2) is 4.39 Å². The van der Waals surface area contributed by atoms with Crippen LogP contribution in [0.25, 0.3) is 0 Å². The van der Waals surface area contributed by atoms with Crippen LogP contribution in [0.3, 0.4) is 0 Å². The van der Waals surface area contributed by atoms with Crippen molar-refractivity contribution >= 4 is 31.9 Å². The Kier molecular flexibility index (Phi) is 4.00. The van der Waals surface area contributed by atoms with E-state index in [1.54, 1.807) is 18.2 Å². The molecule has 2 nitrogen and oxygen atoms in total. The lowest BCUT2D eigenvalue weighted by Crippen LogP contribution is -1.90. The van der Waals surface area contributed by atoms with E-state index < -0.39 is 0 Å². The molecule has 0 saturated carbocycles. The van der Waals surface area contributed by atoms with E-state index in [2.05, 4.69) is 31.9 Å². The van der Waals surface area contributed by atoms with Crippen LogP contribution in [0.4, 0.5) is 4.39 Å². The second-order valence-electron chi connectivity index (χ2n) is 3.43. The van der Waals surface area contributed by atoms with Gasteiger partial charge in [0.15, 0.2) is 0 Å². The van der Waals surface area contributed by atoms with Crippen LogP contribution >= 0.6 is 31.9 Å². The summed E-state index contributed by atoms with van der Waals surface area (Å²) in [6, 6.07) is 11.3. The Labute approximate surface area is 120 Å². The van der Waals surface area contributed by atoms with Crippen molar-refractivity contribution in [3.05, 3.63) is 56.7 Å². The van der Waals surface area contributed by atoms with Crippen LogP contribution in [0.1, 0.15) is 5.56 Å². The molecular weight excluding hydrogens is 365 g/mol. The summed E-state index contributed by atoms with van der Waals surface area (Å²) in [5.74, 6) is 0.522. The minimum atomic E-state index is -0.356. The highest BCUT2D eigenvalue weighted by Crippen LogP contribution is 2.32. The summed E-state index contributed by atoms with van der Waals surface area (Å²) in [4.78, 5) is 0. The maximum atomic E-state index is 12.9. The van der Waals surface area contributed by atoms with Crippen molar-refractivity contribution in [1.29, 1.82) is 5.26 Å². The molecule has 0 amide bonds. The zero-order valence-corrected chi connectivity index (χ0v) is 12.1. The number of rotatable bonds is 2. The lowest BCUT2D eigenvalue weighted by atomic mass is 10.2. The lowest BCUT2D eigenvalue weighted by Gasteiger charge is -2.09. The van der Waals surface area contributed by atoms with Gasteiger partial charge in [0, 0.05) is 4.47 Å². The Morgan fingerprint density at radius 2 is 1.78 bits per heavy atom. The molecule has 5 heteroatoms. The molecule has 0 atom stereocenters. The molecule has 0 N–H and O–H groups in total. The average molecular weight is 371 g/mol. The van der Waals surface area contributed by atoms with E-state index in [0.717, 1.165) is 4.47 Å². The molecule has 0 aliphatic rings. The number of hydrogen-bond acceptors (Lipinski definition) is 2. The Morgan fingerprint density at radius 3 is 2.44 bits per heavy atom. The minimum absolute atomic E-state index is 0.356. The van der Waals surface area contributed by atoms with Gasteiger partial charge in [0.1, 0.15) is 23.4 Å². The van der Waals surface area contributed by atoms with Gasteiger partial charge < -0.3 is 4.74 Å². The molecule has 0 unspecified atom stereocenters. The van der Waals surface area contributed by atoms with Gasteiger partial charge >= 0.3 is 0 Å². The van der Waals surface area contributed by atoms with E-state index in [1.807, 2.05) is 6.07 Å². The number of hydrogen-bond donors (Lipinski definition) is 0. The fraction of sp³-hybridized carbons (Fsp3) is 0. The molecule has 0 aliphatic heterocycles. The van der Waals surface area contributed by atoms with Crippen LogP contribution in [0.15, 0.2) is 45.3 Å². The molecule has 90 valence electrons. The fourth-order valence-corrected chi connectivity index (χ4v) is 2.15. The highest BCUT2D eigenvalue weighted by Gasteiger charge is 2.08. The van der Waals surface area contributed by atoms with Gasteiger partial charge in [-0.2, -0.15) is 5.26 Å². The van der Waals surface area contributed by atoms with Gasteiger partial charge in [0.05, 0.1) is 10.0 Å². The zero-order chi connectivity index (χ0) is 13.1. The Bertz CT molecular complexity index is 637. The molecular formula is C13H6Br2FNO. The molecule has 18 heavy (non-hydrogen) atoms. The van der Waals surface area contributed by atoms with Gasteiger partial charge in [-0.1, -0.05) is 15.9 Å². The van der Waals surface area contributed by atoms with Gasteiger partial charge in [-0.05, 0) is 52.3 Å². The first-order valence-corrected chi connectivity index (χ1v) is 6.51. The van der Waals surface area contributed by atoms with E-state index in [9.17, 15) is 4.39 Å². The first-order valence-electron chi connectivity index (χ1n) is 4.92. The molecule has 2 rings (SSSR count). The number of nitrogens with zero attached hydrogens (tertiary/aromatic N) is 1. The molecule has 0 heterocycles. The summed E-state index contributed by atoms with van der Waals surface area (Å²) in [7, 11) is 0. The van der Waals surface area contributed by atoms with Crippen LogP contribution in [-0.2, 0) is 0 Å². The second kappa shape index (κ2) is 5.51. The van der Waals surface area contributed by atoms with Crippen LogP contribution in [-0.4, -0.2) is 0 Å². The van der Waals surface area contributed by atoms with Crippen LogP contribution in [0.5, 0.6) is 11.5 Å². The van der Waals surface area contributed by atoms with Crippen molar-refractivity contribution in [3.63, 3.8) is 0 Å². The van der Waals surface area contributed by atoms with Crippen molar-refractivity contribution in [3.8, 4) is 17.6 Å². The molecule has 0 radical (unpaired) electrons. The summed E-state index contributed by atoms with van der Waals surface area (Å²) in [6.07, 6.45) is 0. The molecule has 2 aromatic carbocycles. The lowest BCUT2D eigenvalue weighted by molar-refractivity contribution is 0.475. The van der Waals surface area contributed by atoms with E-state index in [1.165, 1.54) is 18.2 Å². The molecule has 2 aromatic rings. The number of halogens is 3. The maximum absolute atomic E-state index is 12.9. The van der Waals surface area contributed by atoms with Crippen LogP contribution in [0, 0.1) is 17.1 Å². The Hall–Kier alpha value is -1.38. The minimum Gasteiger partial charge on any atom is -0.455 e. The van der Waals surface area contributed by atoms with E-state index in [0.29, 0.717) is 21.5 Å². The molecule has 0 saturated heterocycles. The summed E-state index contributed by atoms with van der Waals surface area (Å²) < 4.78 is 19.8. The van der Waals surface area contributed by atoms with Crippen LogP contribution in [0.2, 0.25) is 0 Å². The SMILES string of the molecule is N#Cc1cc(Br)ccc1Oc1ccc(F)cc1Br. The van der Waals surface area contributed by atoms with Crippen molar-refractivity contribution < 1.29 is 9.13 Å². The summed E-state index contributed by atoms with van der Waals surface area (Å²) in [6.45, 7) is 0. The van der Waals surface area contributed by atoms with Crippen molar-refractivity contribution in [2.24, 2.45) is 0 Å². The van der Waals surface area contributed by atoms with Crippen molar-refractivity contribution in [2.45, 2.75) is 0 Å². The third kappa shape index (κ3) is 2.89. The molecule has 0 spiro atoms. The fourth-order valence-electron chi connectivity index (χ4n) is 1.36. The first kappa shape index (κ1) is 13.1. The highest BCUT2D eigenvalue weighted by atomic mass is 79.9. The highest BCUT2D eigenvalue weighted by molar-refractivity contribution is 9.10. The van der Waals surface area contributed by atoms with E-state index in [4.69, 9.17) is 10.00 Å². The molecule has 0 aliphatic carbocycles. The van der Waals surface area contributed by atoms with Crippen LogP contribution < -0.4 is 4.74 Å². The van der Waals surface area contributed by atoms with E-state index in [-0.39, 0.29) is 5.82 Å². The predicted molar refractivity (Wildman–Crippen MR) is 73.0 cm³/mol. The Morgan fingerprint density at radius 1 is 1.06 bits per heavy atom. The average Bonchev–Trinajstić information content (AvgIpc) is 2.34. The van der Waals surface area contributed by atoms with Gasteiger partial charge in [-0.3, -0.25) is 0 Å². The smallest absolute Gasteiger partial charge is 0.145 e.